The molecule has 5 nitrogen and oxygen atoms in total. The first kappa shape index (κ1) is 35.0. The third-order valence-electron chi connectivity index (χ3n) is 13.2. The van der Waals surface area contributed by atoms with Crippen molar-refractivity contribution in [3.8, 4) is 39.9 Å². The minimum atomic E-state index is 0.582. The Morgan fingerprint density at radius 1 is 0.344 bits per heavy atom. The fraction of sp³-hybridized carbons (Fsp3) is 0. The Labute approximate surface area is 366 Å². The first-order valence-electron chi connectivity index (χ1n) is 21.7. The van der Waals surface area contributed by atoms with Crippen LogP contribution in [0.1, 0.15) is 0 Å². The van der Waals surface area contributed by atoms with Crippen LogP contribution in [-0.2, 0) is 0 Å². The van der Waals surface area contributed by atoms with Crippen LogP contribution in [0.5, 0.6) is 0 Å². The van der Waals surface area contributed by atoms with Gasteiger partial charge in [-0.05, 0) is 78.8 Å². The number of fused-ring (bicyclic) bond motifs is 12. The molecule has 11 aromatic carbocycles. The molecule has 0 saturated carbocycles. The molecule has 14 aromatic rings. The van der Waals surface area contributed by atoms with E-state index in [-0.39, 0.29) is 0 Å². The highest BCUT2D eigenvalue weighted by atomic mass is 16.3. The van der Waals surface area contributed by atoms with Gasteiger partial charge in [0.25, 0.3) is 0 Å². The summed E-state index contributed by atoms with van der Waals surface area (Å²) in [5.74, 6) is 1.80. The molecule has 3 heterocycles. The molecule has 64 heavy (non-hydrogen) atoms. The predicted molar refractivity (Wildman–Crippen MR) is 265 cm³/mol. The maximum atomic E-state index is 7.14. The van der Waals surface area contributed by atoms with Crippen molar-refractivity contribution >= 4 is 97.6 Å². The number of hydrogen-bond acceptors (Lipinski definition) is 4. The van der Waals surface area contributed by atoms with Crippen molar-refractivity contribution in [1.82, 2.24) is 19.5 Å². The number of aromatic nitrogens is 4. The molecule has 0 aliphatic heterocycles. The van der Waals surface area contributed by atoms with Crippen molar-refractivity contribution < 1.29 is 4.42 Å². The largest absolute Gasteiger partial charge is 0.454 e. The summed E-state index contributed by atoms with van der Waals surface area (Å²) in [4.78, 5) is 16.3. The van der Waals surface area contributed by atoms with Crippen molar-refractivity contribution in [1.29, 1.82) is 0 Å². The number of rotatable bonds is 4. The summed E-state index contributed by atoms with van der Waals surface area (Å²) in [7, 11) is 0. The highest BCUT2D eigenvalue weighted by Crippen LogP contribution is 2.48. The van der Waals surface area contributed by atoms with Gasteiger partial charge in [0.05, 0.1) is 16.7 Å². The van der Waals surface area contributed by atoms with E-state index in [2.05, 4.69) is 205 Å². The number of nitrogens with zero attached hydrogens (tertiary/aromatic N) is 4. The molecule has 14 rings (SSSR count). The van der Waals surface area contributed by atoms with E-state index in [9.17, 15) is 0 Å². The van der Waals surface area contributed by atoms with E-state index in [1.165, 1.54) is 37.7 Å². The quantitative estimate of drug-likeness (QED) is 0.166. The lowest BCUT2D eigenvalue weighted by molar-refractivity contribution is 0.667. The molecule has 0 saturated heterocycles. The monoisotopic (exact) mass is 814 g/mol. The number of benzene rings is 11. The van der Waals surface area contributed by atoms with E-state index in [4.69, 9.17) is 19.4 Å². The van der Waals surface area contributed by atoms with Crippen LogP contribution in [0.25, 0.3) is 137 Å². The van der Waals surface area contributed by atoms with Crippen LogP contribution >= 0.6 is 0 Å². The lowest BCUT2D eigenvalue weighted by Gasteiger charge is -2.17. The van der Waals surface area contributed by atoms with Gasteiger partial charge in [0.2, 0.25) is 0 Å². The standard InChI is InChI=1S/C59H34N4O/c1-2-17-38-34-51-49(33-37(38)16-1)44-21-9-11-26-50(44)63(51)55-46-23-8-7-22-45(46)54(53-48-24-10-12-27-52(48)64-56(53)55)59-61-57(60-58(62-59)47-25-13-18-35-14-3-6-20-42(35)47)40-30-31-43-39(32-40)29-28-36-15-4-5-19-41(36)43/h1-34H. The van der Waals surface area contributed by atoms with E-state index >= 15 is 0 Å². The molecule has 0 amide bonds. The Hall–Kier alpha value is -8.67. The smallest absolute Gasteiger partial charge is 0.165 e. The SMILES string of the molecule is c1ccc2cc3c(cc2c1)c1ccccc1n3-c1c2ccccc2c(-c2nc(-c3ccc4c(ccc5ccccc54)c3)nc(-c3cccc4ccccc34)n2)c2c1oc1ccccc12. The summed E-state index contributed by atoms with van der Waals surface area (Å²) in [6.45, 7) is 0. The van der Waals surface area contributed by atoms with Crippen molar-refractivity contribution in [2.24, 2.45) is 0 Å². The third kappa shape index (κ3) is 5.09. The summed E-state index contributed by atoms with van der Waals surface area (Å²) in [6.07, 6.45) is 0. The third-order valence-corrected chi connectivity index (χ3v) is 13.2. The Bertz CT molecular complexity index is 4270. The molecule has 0 bridgehead atoms. The molecule has 0 N–H and O–H groups in total. The molecule has 5 heteroatoms. The minimum absolute atomic E-state index is 0.582. The van der Waals surface area contributed by atoms with E-state index in [1.807, 2.05) is 6.07 Å². The van der Waals surface area contributed by atoms with Gasteiger partial charge >= 0.3 is 0 Å². The van der Waals surface area contributed by atoms with Gasteiger partial charge in [-0.1, -0.05) is 176 Å². The van der Waals surface area contributed by atoms with Gasteiger partial charge < -0.3 is 8.98 Å². The molecule has 0 spiro atoms. The van der Waals surface area contributed by atoms with Gasteiger partial charge in [-0.2, -0.15) is 0 Å². The second-order valence-corrected chi connectivity index (χ2v) is 16.7. The van der Waals surface area contributed by atoms with Crippen molar-refractivity contribution in [2.75, 3.05) is 0 Å². The zero-order valence-corrected chi connectivity index (χ0v) is 34.3. The lowest BCUT2D eigenvalue weighted by atomic mass is 9.95. The normalized spacial score (nSPS) is 12.1. The summed E-state index contributed by atoms with van der Waals surface area (Å²) in [5.41, 5.74) is 7.55. The second kappa shape index (κ2) is 13.4. The first-order chi connectivity index (χ1) is 31.7. The Morgan fingerprint density at radius 2 is 0.938 bits per heavy atom. The van der Waals surface area contributed by atoms with E-state index < -0.39 is 0 Å². The van der Waals surface area contributed by atoms with Gasteiger partial charge in [-0.15, -0.1) is 0 Å². The molecule has 3 aromatic heterocycles. The number of hydrogen-bond donors (Lipinski definition) is 0. The van der Waals surface area contributed by atoms with Crippen LogP contribution in [0.15, 0.2) is 211 Å². The van der Waals surface area contributed by atoms with Crippen LogP contribution in [0.2, 0.25) is 0 Å². The first-order valence-corrected chi connectivity index (χ1v) is 21.7. The molecule has 0 fully saturated rings. The lowest BCUT2D eigenvalue weighted by Crippen LogP contribution is -2.03. The molecule has 0 atom stereocenters. The maximum Gasteiger partial charge on any atom is 0.165 e. The van der Waals surface area contributed by atoms with E-state index in [0.717, 1.165) is 82.3 Å². The Morgan fingerprint density at radius 3 is 1.78 bits per heavy atom. The van der Waals surface area contributed by atoms with Crippen LogP contribution < -0.4 is 0 Å². The van der Waals surface area contributed by atoms with Gasteiger partial charge in [0.1, 0.15) is 5.58 Å². The van der Waals surface area contributed by atoms with Gasteiger partial charge in [-0.25, -0.2) is 15.0 Å². The van der Waals surface area contributed by atoms with E-state index in [1.54, 1.807) is 0 Å². The molecular formula is C59H34N4O. The zero-order valence-electron chi connectivity index (χ0n) is 34.3. The van der Waals surface area contributed by atoms with Gasteiger partial charge in [0.15, 0.2) is 23.1 Å². The molecule has 0 aliphatic rings. The summed E-state index contributed by atoms with van der Waals surface area (Å²) < 4.78 is 9.55. The van der Waals surface area contributed by atoms with E-state index in [0.29, 0.717) is 17.5 Å². The van der Waals surface area contributed by atoms with Crippen molar-refractivity contribution in [2.45, 2.75) is 0 Å². The molecular weight excluding hydrogens is 781 g/mol. The highest BCUT2D eigenvalue weighted by molar-refractivity contribution is 6.26. The molecule has 296 valence electrons. The van der Waals surface area contributed by atoms with Crippen LogP contribution in [0.3, 0.4) is 0 Å². The number of furan rings is 1. The predicted octanol–water partition coefficient (Wildman–Crippen LogP) is 15.6. The maximum absolute atomic E-state index is 7.14. The zero-order chi connectivity index (χ0) is 41.9. The van der Waals surface area contributed by atoms with Crippen LogP contribution in [0.4, 0.5) is 0 Å². The molecule has 0 radical (unpaired) electrons. The van der Waals surface area contributed by atoms with Crippen LogP contribution in [-0.4, -0.2) is 19.5 Å². The fourth-order valence-corrected chi connectivity index (χ4v) is 10.3. The van der Waals surface area contributed by atoms with Gasteiger partial charge in [-0.3, -0.25) is 0 Å². The minimum Gasteiger partial charge on any atom is -0.454 e. The Balaban J connectivity index is 1.12. The average Bonchev–Trinajstić information content (AvgIpc) is 3.89. The highest BCUT2D eigenvalue weighted by Gasteiger charge is 2.27. The van der Waals surface area contributed by atoms with Crippen molar-refractivity contribution in [3.63, 3.8) is 0 Å². The summed E-state index contributed by atoms with van der Waals surface area (Å²) in [6, 6.07) is 73.2. The van der Waals surface area contributed by atoms with Gasteiger partial charge in [0, 0.05) is 43.6 Å². The fourth-order valence-electron chi connectivity index (χ4n) is 10.3. The second-order valence-electron chi connectivity index (χ2n) is 16.7. The van der Waals surface area contributed by atoms with Crippen molar-refractivity contribution in [3.05, 3.63) is 206 Å². The topological polar surface area (TPSA) is 56.7 Å². The number of para-hydroxylation sites is 2. The average molecular weight is 815 g/mol. The summed E-state index contributed by atoms with van der Waals surface area (Å²) >= 11 is 0. The Kier molecular flexibility index (Phi) is 7.33. The molecule has 0 unspecified atom stereocenters. The van der Waals surface area contributed by atoms with Crippen LogP contribution in [0, 0.1) is 0 Å². The molecule has 0 aliphatic carbocycles. The summed E-state index contributed by atoms with van der Waals surface area (Å²) in [5, 5.41) is 15.7.